The number of benzene rings is 3. The summed E-state index contributed by atoms with van der Waals surface area (Å²) in [4.78, 5) is 15.1. The number of hydrogen-bond acceptors (Lipinski definition) is 5. The van der Waals surface area contributed by atoms with Gasteiger partial charge >= 0.3 is 0 Å². The zero-order valence-electron chi connectivity index (χ0n) is 20.5. The molecule has 1 unspecified atom stereocenters. The molecule has 7 nitrogen and oxygen atoms in total. The van der Waals surface area contributed by atoms with Gasteiger partial charge in [-0.3, -0.25) is 4.79 Å². The highest BCUT2D eigenvalue weighted by atomic mass is 79.9. The molecule has 5 aromatic rings. The SMILES string of the molecule is Cc1cc(Br)ccc1-n1cc(C2(O)CCCN(C(=O)Cc3ccc4oc5ccccc5c4c3)CC2)nn1. The minimum absolute atomic E-state index is 0.0607. The first-order valence-electron chi connectivity index (χ1n) is 12.5. The Morgan fingerprint density at radius 2 is 1.89 bits per heavy atom. The van der Waals surface area contributed by atoms with Gasteiger partial charge in [0.05, 0.1) is 18.3 Å². The van der Waals surface area contributed by atoms with Crippen LogP contribution < -0.4 is 0 Å². The van der Waals surface area contributed by atoms with Crippen LogP contribution in [0, 0.1) is 6.92 Å². The van der Waals surface area contributed by atoms with Crippen LogP contribution >= 0.6 is 15.9 Å². The van der Waals surface area contributed by atoms with Gasteiger partial charge < -0.3 is 14.4 Å². The minimum Gasteiger partial charge on any atom is -0.456 e. The standard InChI is InChI=1S/C29H27BrN4O3/c1-19-15-21(30)8-9-24(19)34-18-27(31-32-34)29(36)11-4-13-33(14-12-29)28(35)17-20-7-10-26-23(16-20)22-5-2-3-6-25(22)37-26/h2-3,5-10,15-16,18,36H,4,11-14,17H2,1H3. The first-order valence-corrected chi connectivity index (χ1v) is 13.3. The van der Waals surface area contributed by atoms with Crippen LogP contribution in [0.5, 0.6) is 0 Å². The zero-order chi connectivity index (χ0) is 25.6. The average molecular weight is 559 g/mol. The van der Waals surface area contributed by atoms with Crippen molar-refractivity contribution in [2.24, 2.45) is 0 Å². The van der Waals surface area contributed by atoms with Gasteiger partial charge in [-0.2, -0.15) is 0 Å². The van der Waals surface area contributed by atoms with Crippen LogP contribution in [0.1, 0.15) is 36.1 Å². The summed E-state index contributed by atoms with van der Waals surface area (Å²) in [5.74, 6) is 0.0607. The zero-order valence-corrected chi connectivity index (χ0v) is 22.1. The summed E-state index contributed by atoms with van der Waals surface area (Å²) < 4.78 is 8.62. The molecule has 1 saturated heterocycles. The van der Waals surface area contributed by atoms with Crippen LogP contribution in [0.4, 0.5) is 0 Å². The summed E-state index contributed by atoms with van der Waals surface area (Å²) in [6.45, 7) is 3.09. The molecule has 6 rings (SSSR count). The summed E-state index contributed by atoms with van der Waals surface area (Å²) in [6.07, 6.45) is 3.76. The maximum atomic E-state index is 13.2. The number of amides is 1. The Bertz CT molecular complexity index is 1620. The lowest BCUT2D eigenvalue weighted by Gasteiger charge is -2.24. The number of halogens is 1. The van der Waals surface area contributed by atoms with Gasteiger partial charge in [0.1, 0.15) is 22.5 Å². The monoisotopic (exact) mass is 558 g/mol. The summed E-state index contributed by atoms with van der Waals surface area (Å²) in [5, 5.41) is 22.2. The minimum atomic E-state index is -1.12. The molecule has 1 aliphatic rings. The summed E-state index contributed by atoms with van der Waals surface area (Å²) in [5.41, 5.74) is 4.02. The van der Waals surface area contributed by atoms with Crippen LogP contribution in [0.25, 0.3) is 27.6 Å². The second-order valence-corrected chi connectivity index (χ2v) is 10.8. The van der Waals surface area contributed by atoms with E-state index in [1.54, 1.807) is 10.9 Å². The fraction of sp³-hybridized carbons (Fsp3) is 0.276. The van der Waals surface area contributed by atoms with E-state index < -0.39 is 5.60 Å². The van der Waals surface area contributed by atoms with Crippen molar-refractivity contribution >= 4 is 43.8 Å². The smallest absolute Gasteiger partial charge is 0.226 e. The highest BCUT2D eigenvalue weighted by molar-refractivity contribution is 9.10. The van der Waals surface area contributed by atoms with E-state index in [4.69, 9.17) is 4.42 Å². The van der Waals surface area contributed by atoms with Crippen LogP contribution in [-0.4, -0.2) is 44.0 Å². The lowest BCUT2D eigenvalue weighted by molar-refractivity contribution is -0.130. The fourth-order valence-electron chi connectivity index (χ4n) is 5.26. The second-order valence-electron chi connectivity index (χ2n) is 9.85. The molecule has 3 aromatic carbocycles. The van der Waals surface area contributed by atoms with E-state index in [0.29, 0.717) is 44.5 Å². The van der Waals surface area contributed by atoms with Crippen molar-refractivity contribution in [1.82, 2.24) is 19.9 Å². The van der Waals surface area contributed by atoms with Gasteiger partial charge in [0, 0.05) is 28.3 Å². The number of aryl methyl sites for hydroxylation is 1. The van der Waals surface area contributed by atoms with Crippen molar-refractivity contribution in [2.45, 2.75) is 38.2 Å². The fourth-order valence-corrected chi connectivity index (χ4v) is 5.74. The molecule has 1 atom stereocenters. The predicted octanol–water partition coefficient (Wildman–Crippen LogP) is 5.68. The normalized spacial score (nSPS) is 18.4. The van der Waals surface area contributed by atoms with Gasteiger partial charge in [0.2, 0.25) is 5.91 Å². The molecule has 1 fully saturated rings. The Balaban J connectivity index is 1.16. The highest BCUT2D eigenvalue weighted by Gasteiger charge is 2.36. The number of para-hydroxylation sites is 1. The average Bonchev–Trinajstić information content (AvgIpc) is 3.46. The molecule has 3 heterocycles. The van der Waals surface area contributed by atoms with Crippen LogP contribution in [0.2, 0.25) is 0 Å². The Kier molecular flexibility index (Phi) is 6.09. The molecule has 0 aliphatic carbocycles. The molecule has 188 valence electrons. The number of likely N-dealkylation sites (tertiary alicyclic amines) is 1. The number of aromatic nitrogens is 3. The van der Waals surface area contributed by atoms with Gasteiger partial charge in [-0.25, -0.2) is 4.68 Å². The maximum Gasteiger partial charge on any atom is 0.226 e. The van der Waals surface area contributed by atoms with Gasteiger partial charge in [-0.15, -0.1) is 5.10 Å². The largest absolute Gasteiger partial charge is 0.456 e. The quantitative estimate of drug-likeness (QED) is 0.306. The molecule has 1 N–H and O–H groups in total. The molecule has 0 radical (unpaired) electrons. The molecule has 8 heteroatoms. The van der Waals surface area contributed by atoms with E-state index in [1.165, 1.54) is 0 Å². The van der Waals surface area contributed by atoms with E-state index in [1.807, 2.05) is 66.4 Å². The maximum absolute atomic E-state index is 13.2. The van der Waals surface area contributed by atoms with E-state index >= 15 is 0 Å². The van der Waals surface area contributed by atoms with Gasteiger partial charge in [0.25, 0.3) is 0 Å². The van der Waals surface area contributed by atoms with E-state index in [9.17, 15) is 9.90 Å². The van der Waals surface area contributed by atoms with E-state index in [0.717, 1.165) is 43.2 Å². The number of furan rings is 1. The number of fused-ring (bicyclic) bond motifs is 3. The Morgan fingerprint density at radius 1 is 1.05 bits per heavy atom. The van der Waals surface area contributed by atoms with Crippen LogP contribution in [0.15, 0.2) is 75.8 Å². The molecule has 0 spiro atoms. The van der Waals surface area contributed by atoms with Gasteiger partial charge in [-0.1, -0.05) is 45.4 Å². The van der Waals surface area contributed by atoms with Crippen molar-refractivity contribution in [3.05, 3.63) is 88.2 Å². The topological polar surface area (TPSA) is 84.4 Å². The molecular weight excluding hydrogens is 532 g/mol. The predicted molar refractivity (Wildman–Crippen MR) is 146 cm³/mol. The molecule has 0 bridgehead atoms. The third-order valence-electron chi connectivity index (χ3n) is 7.34. The molecule has 2 aromatic heterocycles. The number of rotatable bonds is 4. The molecule has 0 saturated carbocycles. The summed E-state index contributed by atoms with van der Waals surface area (Å²) in [6, 6.07) is 19.8. The van der Waals surface area contributed by atoms with Gasteiger partial charge in [0.15, 0.2) is 0 Å². The van der Waals surface area contributed by atoms with Gasteiger partial charge in [-0.05, 0) is 73.7 Å². The summed E-state index contributed by atoms with van der Waals surface area (Å²) >= 11 is 3.49. The Morgan fingerprint density at radius 3 is 2.76 bits per heavy atom. The lowest BCUT2D eigenvalue weighted by Crippen LogP contribution is -2.34. The van der Waals surface area contributed by atoms with Crippen molar-refractivity contribution in [3.63, 3.8) is 0 Å². The van der Waals surface area contributed by atoms with E-state index in [2.05, 4.69) is 32.3 Å². The number of carbonyl (C=O) groups is 1. The molecule has 1 amide bonds. The molecular formula is C29H27BrN4O3. The van der Waals surface area contributed by atoms with Crippen molar-refractivity contribution in [3.8, 4) is 5.69 Å². The number of nitrogens with zero attached hydrogens (tertiary/aromatic N) is 4. The molecule has 37 heavy (non-hydrogen) atoms. The van der Waals surface area contributed by atoms with Crippen LogP contribution in [-0.2, 0) is 16.8 Å². The first kappa shape index (κ1) is 23.9. The Labute approximate surface area is 222 Å². The Hall–Kier alpha value is -3.49. The van der Waals surface area contributed by atoms with Crippen molar-refractivity contribution in [2.75, 3.05) is 13.1 Å². The number of carbonyl (C=O) groups excluding carboxylic acids is 1. The highest BCUT2D eigenvalue weighted by Crippen LogP contribution is 2.33. The van der Waals surface area contributed by atoms with E-state index in [-0.39, 0.29) is 5.91 Å². The first-order chi connectivity index (χ1) is 17.9. The summed E-state index contributed by atoms with van der Waals surface area (Å²) in [7, 11) is 0. The molecule has 1 aliphatic heterocycles. The van der Waals surface area contributed by atoms with Crippen molar-refractivity contribution in [1.29, 1.82) is 0 Å². The van der Waals surface area contributed by atoms with Crippen molar-refractivity contribution < 1.29 is 14.3 Å². The van der Waals surface area contributed by atoms with Crippen LogP contribution in [0.3, 0.4) is 0 Å². The second kappa shape index (κ2) is 9.43. The third kappa shape index (κ3) is 4.55. The third-order valence-corrected chi connectivity index (χ3v) is 7.83. The number of aliphatic hydroxyl groups is 1. The lowest BCUT2D eigenvalue weighted by atomic mass is 9.92. The number of hydrogen-bond donors (Lipinski definition) is 1.